The second kappa shape index (κ2) is 36.7. The number of rotatable bonds is 18. The molecule has 0 spiro atoms. The minimum atomic E-state index is -4.54. The summed E-state index contributed by atoms with van der Waals surface area (Å²) in [5.74, 6) is 0. The lowest BCUT2D eigenvalue weighted by Crippen LogP contribution is -2.19. The molecule has 0 amide bonds. The highest BCUT2D eigenvalue weighted by molar-refractivity contribution is 14.1. The number of benzene rings is 3. The van der Waals surface area contributed by atoms with E-state index < -0.39 is 38.7 Å². The Morgan fingerprint density at radius 3 is 1.11 bits per heavy atom. The third-order valence-electron chi connectivity index (χ3n) is 7.58. The van der Waals surface area contributed by atoms with Crippen molar-refractivity contribution in [3.63, 3.8) is 0 Å². The number of hydrogen-bond acceptors (Lipinski definition) is 13. The third kappa shape index (κ3) is 24.0. The van der Waals surface area contributed by atoms with Crippen LogP contribution in [0.5, 0.6) is 0 Å². The number of alkyl halides is 8. The quantitative estimate of drug-likeness (QED) is 0.0523. The molecule has 66 heavy (non-hydrogen) atoms. The monoisotopic (exact) mass is 1350 g/mol. The van der Waals surface area contributed by atoms with Gasteiger partial charge < -0.3 is 27.1 Å². The average molecular weight is 1360 g/mol. The van der Waals surface area contributed by atoms with E-state index in [9.17, 15) is 40.0 Å². The molecule has 0 saturated carbocycles. The zero-order valence-corrected chi connectivity index (χ0v) is 51.2. The van der Waals surface area contributed by atoms with Crippen LogP contribution in [0.4, 0.5) is 26.3 Å². The van der Waals surface area contributed by atoms with Crippen molar-refractivity contribution in [2.45, 2.75) is 97.4 Å². The highest BCUT2D eigenvalue weighted by atomic mass is 127. The van der Waals surface area contributed by atoms with Crippen LogP contribution in [0, 0.1) is 38.2 Å². The average Bonchev–Trinajstić information content (AvgIpc) is 3.21. The van der Waals surface area contributed by atoms with E-state index >= 15 is 0 Å². The maximum Gasteiger partial charge on any atom is 0.410 e. The fraction of sp³-hybridized carbons (Fsp3) is 0.538. The summed E-state index contributed by atoms with van der Waals surface area (Å²) >= 11 is 23.1. The van der Waals surface area contributed by atoms with Crippen LogP contribution in [0.1, 0.15) is 86.1 Å². The molecular formula is C39H58Br2F6IO9P3S6. The van der Waals surface area contributed by atoms with Gasteiger partial charge in [-0.15, -0.1) is 0 Å². The molecule has 0 unspecified atom stereocenters. The minimum Gasteiger partial charge on any atom is -0.304 e. The molecule has 3 aromatic rings. The molecule has 0 aliphatic carbocycles. The van der Waals surface area contributed by atoms with Gasteiger partial charge in [-0.3, -0.25) is 13.7 Å². The van der Waals surface area contributed by atoms with Crippen molar-refractivity contribution in [3.8, 4) is 0 Å². The lowest BCUT2D eigenvalue weighted by molar-refractivity contribution is 0.0355. The van der Waals surface area contributed by atoms with Crippen LogP contribution in [-0.4, -0.2) is 44.2 Å². The Morgan fingerprint density at radius 2 is 0.848 bits per heavy atom. The van der Waals surface area contributed by atoms with Crippen LogP contribution < -0.4 is 0 Å². The van der Waals surface area contributed by atoms with E-state index in [1.807, 2.05) is 15.9 Å². The molecule has 27 heteroatoms. The predicted molar refractivity (Wildman–Crippen MR) is 290 cm³/mol. The molecule has 3 rings (SSSR count). The van der Waals surface area contributed by atoms with Gasteiger partial charge in [0.1, 0.15) is 0 Å². The van der Waals surface area contributed by atoms with Gasteiger partial charge in [0.25, 0.3) is 0 Å². The Morgan fingerprint density at radius 1 is 0.561 bits per heavy atom. The Bertz CT molecular complexity index is 2030. The number of aryl methyl sites for hydroxylation is 5. The Labute approximate surface area is 447 Å². The minimum absolute atomic E-state index is 0. The summed E-state index contributed by atoms with van der Waals surface area (Å²) in [5, 5.41) is 0.564. The molecular weight excluding hydrogens is 1300 g/mol. The topological polar surface area (TPSA) is 107 Å². The number of halogens is 9. The first kappa shape index (κ1) is 73.4. The van der Waals surface area contributed by atoms with Gasteiger partial charge in [0.05, 0.1) is 39.6 Å². The summed E-state index contributed by atoms with van der Waals surface area (Å²) in [6.45, 7) is 17.5. The lowest BCUT2D eigenvalue weighted by atomic mass is 10.1. The van der Waals surface area contributed by atoms with Crippen molar-refractivity contribution in [1.82, 2.24) is 0 Å². The lowest BCUT2D eigenvalue weighted by Gasteiger charge is -2.27. The summed E-state index contributed by atoms with van der Waals surface area (Å²) in [6, 6.07) is 15.4. The van der Waals surface area contributed by atoms with Gasteiger partial charge in [-0.05, 0) is 127 Å². The van der Waals surface area contributed by atoms with Crippen LogP contribution >= 0.6 is 90.7 Å². The molecule has 0 atom stereocenters. The van der Waals surface area contributed by atoms with Crippen molar-refractivity contribution in [2.24, 2.45) is 0 Å². The first-order valence-corrected chi connectivity index (χ1v) is 30.8. The Kier molecular flexibility index (Phi) is 40.8. The van der Waals surface area contributed by atoms with Gasteiger partial charge in [-0.25, -0.2) is 0 Å². The van der Waals surface area contributed by atoms with Crippen LogP contribution in [-0.2, 0) is 111 Å². The first-order chi connectivity index (χ1) is 30.1. The molecule has 0 bridgehead atoms. The predicted octanol–water partition coefficient (Wildman–Crippen LogP) is 16.0. The van der Waals surface area contributed by atoms with Crippen molar-refractivity contribution < 1.29 is 67.2 Å². The molecule has 9 nitrogen and oxygen atoms in total. The largest absolute Gasteiger partial charge is 0.410 e. The molecule has 0 radical (unpaired) electrons. The molecule has 3 aromatic carbocycles. The van der Waals surface area contributed by atoms with E-state index in [0.29, 0.717) is 16.5 Å². The van der Waals surface area contributed by atoms with Crippen LogP contribution in [0.25, 0.3) is 0 Å². The van der Waals surface area contributed by atoms with E-state index in [-0.39, 0.29) is 64.3 Å². The van der Waals surface area contributed by atoms with Gasteiger partial charge in [0.2, 0.25) is 0 Å². The second-order valence-corrected chi connectivity index (χ2v) is 23.8. The SMILES string of the molecule is CCOP(=O)(OCC)C(F)(F)Br.CCOP(=O)(OCC)C(F)(F)c1ccc(C)cc1C.CCOP(=O)(OCC)C(F)(F)c1ccc(CBr)cc1C.Cc1ccc(I)c(C)c1.S.S=S.S=S=S. The molecule has 0 saturated heterocycles. The van der Waals surface area contributed by atoms with Gasteiger partial charge in [0, 0.05) is 89.6 Å². The smallest absolute Gasteiger partial charge is 0.304 e. The fourth-order valence-corrected chi connectivity index (χ4v) is 10.6. The highest BCUT2D eigenvalue weighted by Gasteiger charge is 2.56. The molecule has 0 aliphatic heterocycles. The number of hydrogen-bond donors (Lipinski definition) is 0. The van der Waals surface area contributed by atoms with E-state index in [1.54, 1.807) is 45.0 Å². The van der Waals surface area contributed by atoms with Crippen molar-refractivity contribution in [1.29, 1.82) is 0 Å². The summed E-state index contributed by atoms with van der Waals surface area (Å²) in [5.41, 5.74) is -2.81. The molecule has 0 aromatic heterocycles. The van der Waals surface area contributed by atoms with Crippen LogP contribution in [0.3, 0.4) is 0 Å². The first-order valence-electron chi connectivity index (χ1n) is 19.1. The Hall–Kier alpha value is 0.830. The van der Waals surface area contributed by atoms with E-state index in [2.05, 4.69) is 124 Å². The fourth-order valence-electron chi connectivity index (χ4n) is 4.99. The van der Waals surface area contributed by atoms with E-state index in [0.717, 1.165) is 20.0 Å². The van der Waals surface area contributed by atoms with E-state index in [1.165, 1.54) is 68.4 Å². The van der Waals surface area contributed by atoms with Crippen LogP contribution in [0.2, 0.25) is 0 Å². The standard InChI is InChI=1S/C13H18BrF2O3P.C13H19F2O3P.C8H9I.C5H10BrF2O3P.S3.S2.H2S/c1-4-18-20(17,19-5-2)13(15,16)12-7-6-11(9-14)8-10(12)3;1-5-17-19(16,18-6-2)13(14,15)12-8-7-10(3)9-11(12)4;1-6-3-4-8(9)7(2)5-6;1-3-10-12(9,11-4-2)5(6,7)8;1-3-2;1-2;/h6-8H,4-5,9H2,1-3H3;7-9H,5-6H2,1-4H3;3-5H,1-2H3;3-4H2,1-2H3;;;1H2. The van der Waals surface area contributed by atoms with Gasteiger partial charge in [0.15, 0.2) is 0 Å². The molecule has 0 N–H and O–H groups in total. The normalized spacial score (nSPS) is 11.5. The maximum absolute atomic E-state index is 14.6. The molecule has 0 heterocycles. The van der Waals surface area contributed by atoms with Crippen molar-refractivity contribution in [2.75, 3.05) is 39.6 Å². The summed E-state index contributed by atoms with van der Waals surface area (Å²) in [4.78, 5) is 0. The highest BCUT2D eigenvalue weighted by Crippen LogP contribution is 2.68. The van der Waals surface area contributed by atoms with Gasteiger partial charge >= 0.3 is 38.7 Å². The van der Waals surface area contributed by atoms with Crippen molar-refractivity contribution in [3.05, 3.63) is 103 Å². The zero-order chi connectivity index (χ0) is 51.5. The summed E-state index contributed by atoms with van der Waals surface area (Å²) in [7, 11) is -12.5. The van der Waals surface area contributed by atoms with E-state index in [4.69, 9.17) is 18.1 Å². The third-order valence-corrected chi connectivity index (χ3v) is 16.8. The zero-order valence-electron chi connectivity index (χ0n) is 38.1. The molecule has 382 valence electrons. The van der Waals surface area contributed by atoms with Gasteiger partial charge in [-0.2, -0.15) is 39.8 Å². The summed E-state index contributed by atoms with van der Waals surface area (Å²) < 4.78 is 144. The summed E-state index contributed by atoms with van der Waals surface area (Å²) in [6.07, 6.45) is 0. The maximum atomic E-state index is 14.6. The Balaban J connectivity index is -0.000000387. The van der Waals surface area contributed by atoms with Crippen molar-refractivity contribution >= 4 is 144 Å². The van der Waals surface area contributed by atoms with Gasteiger partial charge in [-0.1, -0.05) is 75.6 Å². The van der Waals surface area contributed by atoms with Crippen LogP contribution in [0.15, 0.2) is 54.6 Å². The molecule has 0 aliphatic rings. The second-order valence-electron chi connectivity index (χ2n) is 12.5. The molecule has 0 fully saturated rings.